The summed E-state index contributed by atoms with van der Waals surface area (Å²) in [4.78, 5) is 4.32. The van der Waals surface area contributed by atoms with Crippen LogP contribution in [0.4, 0.5) is 5.82 Å². The molecule has 0 spiro atoms. The average Bonchev–Trinajstić information content (AvgIpc) is 2.96. The van der Waals surface area contributed by atoms with Gasteiger partial charge in [0, 0.05) is 11.6 Å². The number of anilines is 1. The Hall–Kier alpha value is -2.11. The van der Waals surface area contributed by atoms with Gasteiger partial charge in [-0.1, -0.05) is 12.1 Å². The normalized spacial score (nSPS) is 19.7. The molecular weight excluding hydrogens is 278 g/mol. The van der Waals surface area contributed by atoms with E-state index in [0.717, 1.165) is 29.2 Å². The highest BCUT2D eigenvalue weighted by Gasteiger charge is 2.23. The Labute approximate surface area is 129 Å². The van der Waals surface area contributed by atoms with Gasteiger partial charge in [0.15, 0.2) is 5.82 Å². The highest BCUT2D eigenvalue weighted by Crippen LogP contribution is 2.34. The molecule has 1 aromatic carbocycles. The van der Waals surface area contributed by atoms with Gasteiger partial charge in [0.2, 0.25) is 0 Å². The lowest BCUT2D eigenvalue weighted by Gasteiger charge is -2.28. The number of hydrogen-bond acceptors (Lipinski definition) is 5. The average molecular weight is 297 g/mol. The first-order valence-corrected chi connectivity index (χ1v) is 7.70. The van der Waals surface area contributed by atoms with Crippen LogP contribution in [-0.4, -0.2) is 22.8 Å². The number of benzene rings is 1. The van der Waals surface area contributed by atoms with Crippen LogP contribution in [0.2, 0.25) is 0 Å². The van der Waals surface area contributed by atoms with E-state index < -0.39 is 0 Å². The van der Waals surface area contributed by atoms with Gasteiger partial charge in [-0.15, -0.1) is 0 Å². The summed E-state index contributed by atoms with van der Waals surface area (Å²) >= 11 is 0. The lowest BCUT2D eigenvalue weighted by molar-refractivity contribution is 0.234. The van der Waals surface area contributed by atoms with Crippen molar-refractivity contribution >= 4 is 5.82 Å². The molecule has 2 heterocycles. The zero-order valence-electron chi connectivity index (χ0n) is 12.3. The first-order valence-electron chi connectivity index (χ1n) is 7.70. The third-order valence-electron chi connectivity index (χ3n) is 4.38. The minimum atomic E-state index is -0.0875. The van der Waals surface area contributed by atoms with E-state index >= 15 is 0 Å². The van der Waals surface area contributed by atoms with Crippen LogP contribution >= 0.6 is 0 Å². The minimum absolute atomic E-state index is 0.0875. The maximum absolute atomic E-state index is 9.89. The quantitative estimate of drug-likeness (QED) is 0.891. The molecule has 0 unspecified atom stereocenters. The summed E-state index contributed by atoms with van der Waals surface area (Å²) in [6.45, 7) is 0.409. The number of rotatable bonds is 2. The van der Waals surface area contributed by atoms with Gasteiger partial charge in [-0.3, -0.25) is 5.21 Å². The Kier molecular flexibility index (Phi) is 3.24. The fourth-order valence-electron chi connectivity index (χ4n) is 3.38. The monoisotopic (exact) mass is 297 g/mol. The lowest BCUT2D eigenvalue weighted by atomic mass is 10.0. The molecule has 0 fully saturated rings. The predicted octanol–water partition coefficient (Wildman–Crippen LogP) is 2.44. The van der Waals surface area contributed by atoms with Crippen LogP contribution in [0, 0.1) is 0 Å². The number of nitrogens with two attached hydrogens (primary N) is 1. The second-order valence-corrected chi connectivity index (χ2v) is 6.05. The van der Waals surface area contributed by atoms with Crippen molar-refractivity contribution in [3.63, 3.8) is 0 Å². The molecule has 1 aliphatic carbocycles. The van der Waals surface area contributed by atoms with Gasteiger partial charge >= 0.3 is 0 Å². The van der Waals surface area contributed by atoms with Gasteiger partial charge in [0.25, 0.3) is 0 Å². The van der Waals surface area contributed by atoms with Crippen LogP contribution in [0.15, 0.2) is 30.5 Å². The highest BCUT2D eigenvalue weighted by molar-refractivity contribution is 5.51. The first-order chi connectivity index (χ1) is 10.7. The Morgan fingerprint density at radius 1 is 1.27 bits per heavy atom. The smallest absolute Gasteiger partial charge is 0.155 e. The summed E-state index contributed by atoms with van der Waals surface area (Å²) in [6, 6.07) is 8.06. The van der Waals surface area contributed by atoms with E-state index in [-0.39, 0.29) is 6.04 Å². The molecule has 0 saturated heterocycles. The summed E-state index contributed by atoms with van der Waals surface area (Å²) in [5, 5.41) is 11.0. The standard InChI is InChI=1S/C17H19N3O2/c18-13-7-12-8-14(9-19-17(12)20(21)10-13)22-16-6-2-4-11-3-1-5-15(11)16/h2,4,6,8-9,13,21H,1,3,5,7,10,18H2/t13-/m0/s1. The summed E-state index contributed by atoms with van der Waals surface area (Å²) < 4.78 is 6.05. The molecule has 0 saturated carbocycles. The van der Waals surface area contributed by atoms with Gasteiger partial charge in [-0.2, -0.15) is 0 Å². The van der Waals surface area contributed by atoms with Gasteiger partial charge < -0.3 is 10.5 Å². The molecule has 0 amide bonds. The number of fused-ring (bicyclic) bond motifs is 2. The third kappa shape index (κ3) is 2.32. The predicted molar refractivity (Wildman–Crippen MR) is 83.6 cm³/mol. The minimum Gasteiger partial charge on any atom is -0.455 e. The second-order valence-electron chi connectivity index (χ2n) is 6.05. The van der Waals surface area contributed by atoms with Crippen molar-refractivity contribution in [3.8, 4) is 11.5 Å². The maximum Gasteiger partial charge on any atom is 0.155 e. The molecule has 0 bridgehead atoms. The van der Waals surface area contributed by atoms with Crippen LogP contribution in [0.3, 0.4) is 0 Å². The molecule has 5 heteroatoms. The zero-order chi connectivity index (χ0) is 15.1. The Balaban J connectivity index is 1.65. The van der Waals surface area contributed by atoms with E-state index in [9.17, 15) is 5.21 Å². The largest absolute Gasteiger partial charge is 0.455 e. The van der Waals surface area contributed by atoms with E-state index in [4.69, 9.17) is 10.5 Å². The molecule has 4 rings (SSSR count). The molecule has 2 aromatic rings. The number of hydroxylamine groups is 1. The molecule has 1 aliphatic heterocycles. The molecule has 3 N–H and O–H groups in total. The van der Waals surface area contributed by atoms with Crippen molar-refractivity contribution in [1.82, 2.24) is 4.98 Å². The number of aryl methyl sites for hydroxylation is 1. The number of nitrogens with zero attached hydrogens (tertiary/aromatic N) is 2. The number of aromatic nitrogens is 1. The fraction of sp³-hybridized carbons (Fsp3) is 0.353. The first kappa shape index (κ1) is 13.5. The summed E-state index contributed by atoms with van der Waals surface area (Å²) in [6.07, 6.45) is 5.74. The fourth-order valence-corrected chi connectivity index (χ4v) is 3.38. The van der Waals surface area contributed by atoms with E-state index in [0.29, 0.717) is 24.5 Å². The van der Waals surface area contributed by atoms with Crippen molar-refractivity contribution in [3.05, 3.63) is 47.2 Å². The van der Waals surface area contributed by atoms with Gasteiger partial charge in [-0.05, 0) is 48.9 Å². The SMILES string of the molecule is N[C@H]1Cc2cc(Oc3cccc4c3CCC4)cnc2N(O)C1. The molecule has 0 radical (unpaired) electrons. The summed E-state index contributed by atoms with van der Waals surface area (Å²) in [5.41, 5.74) is 9.56. The van der Waals surface area contributed by atoms with Gasteiger partial charge in [0.1, 0.15) is 11.5 Å². The number of pyridine rings is 1. The Bertz CT molecular complexity index is 717. The van der Waals surface area contributed by atoms with E-state index in [2.05, 4.69) is 11.1 Å². The molecule has 1 atom stereocenters. The van der Waals surface area contributed by atoms with E-state index in [1.54, 1.807) is 6.20 Å². The topological polar surface area (TPSA) is 71.6 Å². The summed E-state index contributed by atoms with van der Waals surface area (Å²) in [5.74, 6) is 2.19. The molecule has 2 aliphatic rings. The molecule has 114 valence electrons. The molecular formula is C17H19N3O2. The molecule has 1 aromatic heterocycles. The van der Waals surface area contributed by atoms with Crippen LogP contribution in [0.5, 0.6) is 11.5 Å². The number of ether oxygens (including phenoxy) is 1. The van der Waals surface area contributed by atoms with Crippen molar-refractivity contribution in [1.29, 1.82) is 0 Å². The van der Waals surface area contributed by atoms with Crippen molar-refractivity contribution < 1.29 is 9.94 Å². The Morgan fingerprint density at radius 2 is 2.18 bits per heavy atom. The van der Waals surface area contributed by atoms with E-state index in [1.807, 2.05) is 18.2 Å². The van der Waals surface area contributed by atoms with Crippen molar-refractivity contribution in [2.75, 3.05) is 11.6 Å². The molecule has 22 heavy (non-hydrogen) atoms. The van der Waals surface area contributed by atoms with Crippen LogP contribution < -0.4 is 15.5 Å². The Morgan fingerprint density at radius 3 is 3.09 bits per heavy atom. The van der Waals surface area contributed by atoms with E-state index in [1.165, 1.54) is 17.5 Å². The van der Waals surface area contributed by atoms with Gasteiger partial charge in [-0.25, -0.2) is 10.0 Å². The van der Waals surface area contributed by atoms with Crippen LogP contribution in [0.25, 0.3) is 0 Å². The highest BCUT2D eigenvalue weighted by atomic mass is 16.5. The number of hydrogen-bond donors (Lipinski definition) is 2. The van der Waals surface area contributed by atoms with Crippen LogP contribution in [0.1, 0.15) is 23.1 Å². The zero-order valence-corrected chi connectivity index (χ0v) is 12.3. The summed E-state index contributed by atoms with van der Waals surface area (Å²) in [7, 11) is 0. The third-order valence-corrected chi connectivity index (χ3v) is 4.38. The van der Waals surface area contributed by atoms with Gasteiger partial charge in [0.05, 0.1) is 12.7 Å². The van der Waals surface area contributed by atoms with Crippen LogP contribution in [-0.2, 0) is 19.3 Å². The maximum atomic E-state index is 9.89. The lowest BCUT2D eigenvalue weighted by Crippen LogP contribution is -2.42. The van der Waals surface area contributed by atoms with Crippen molar-refractivity contribution in [2.45, 2.75) is 31.7 Å². The second kappa shape index (κ2) is 5.26. The molecule has 5 nitrogen and oxygen atoms in total. The van der Waals surface area contributed by atoms with Crippen molar-refractivity contribution in [2.24, 2.45) is 5.73 Å².